The number of fused-ring (bicyclic) bond motifs is 1. The molecule has 0 aliphatic carbocycles. The summed E-state index contributed by atoms with van der Waals surface area (Å²) in [6.45, 7) is 0. The van der Waals surface area contributed by atoms with Crippen molar-refractivity contribution in [1.29, 1.82) is 0 Å². The van der Waals surface area contributed by atoms with Gasteiger partial charge in [-0.2, -0.15) is 0 Å². The van der Waals surface area contributed by atoms with Crippen LogP contribution in [0.3, 0.4) is 0 Å². The van der Waals surface area contributed by atoms with E-state index < -0.39 is 0 Å². The second kappa shape index (κ2) is 3.12. The zero-order valence-electron chi connectivity index (χ0n) is 6.62. The largest absolute Gasteiger partial charge is 0.369 e. The lowest BCUT2D eigenvalue weighted by Crippen LogP contribution is -1.80. The Balaban J connectivity index is 2.79. The summed E-state index contributed by atoms with van der Waals surface area (Å²) in [7, 11) is 2.52. The third-order valence-corrected chi connectivity index (χ3v) is 2.26. The first-order valence-corrected chi connectivity index (χ1v) is 4.44. The first-order valence-electron chi connectivity index (χ1n) is 3.86. The van der Waals surface area contributed by atoms with Crippen molar-refractivity contribution in [2.75, 3.05) is 5.09 Å². The van der Waals surface area contributed by atoms with E-state index in [1.165, 1.54) is 10.8 Å². The Morgan fingerprint density at radius 1 is 0.917 bits per heavy atom. The number of hydrogen-bond donors (Lipinski definition) is 1. The minimum atomic E-state index is 1.15. The fourth-order valence-corrected chi connectivity index (χ4v) is 1.60. The van der Waals surface area contributed by atoms with Crippen LogP contribution in [-0.2, 0) is 0 Å². The highest BCUT2D eigenvalue weighted by Gasteiger charge is 1.95. The van der Waals surface area contributed by atoms with E-state index in [4.69, 9.17) is 0 Å². The molecule has 0 saturated heterocycles. The smallest absolute Gasteiger partial charge is 0.0448 e. The Kier molecular flexibility index (Phi) is 1.97. The molecule has 0 spiro atoms. The third kappa shape index (κ3) is 1.17. The highest BCUT2D eigenvalue weighted by Crippen LogP contribution is 2.23. The van der Waals surface area contributed by atoms with Gasteiger partial charge in [0.1, 0.15) is 0 Å². The van der Waals surface area contributed by atoms with Gasteiger partial charge in [0.05, 0.1) is 0 Å². The monoisotopic (exact) mass is 175 g/mol. The van der Waals surface area contributed by atoms with Gasteiger partial charge in [-0.3, -0.25) is 0 Å². The normalized spacial score (nSPS) is 10.1. The van der Waals surface area contributed by atoms with Crippen LogP contribution in [0.15, 0.2) is 42.5 Å². The summed E-state index contributed by atoms with van der Waals surface area (Å²) in [4.78, 5) is 0. The number of rotatable bonds is 1. The second-order valence-corrected chi connectivity index (χ2v) is 2.96. The Morgan fingerprint density at radius 2 is 1.67 bits per heavy atom. The molecule has 1 unspecified atom stereocenters. The second-order valence-electron chi connectivity index (χ2n) is 2.67. The van der Waals surface area contributed by atoms with Gasteiger partial charge in [-0.05, 0) is 20.8 Å². The first-order chi connectivity index (χ1) is 5.92. The summed E-state index contributed by atoms with van der Waals surface area (Å²) in [5, 5.41) is 5.61. The number of anilines is 1. The molecule has 2 heteroatoms. The Labute approximate surface area is 74.0 Å². The van der Waals surface area contributed by atoms with Crippen molar-refractivity contribution >= 4 is 25.9 Å². The van der Waals surface area contributed by atoms with Crippen molar-refractivity contribution in [3.05, 3.63) is 42.5 Å². The van der Waals surface area contributed by atoms with Gasteiger partial charge in [-0.25, -0.2) is 0 Å². The van der Waals surface area contributed by atoms with E-state index in [1.807, 2.05) is 6.07 Å². The molecule has 0 fully saturated rings. The maximum atomic E-state index is 3.09. The molecule has 1 atom stereocenters. The predicted molar refractivity (Wildman–Crippen MR) is 57.3 cm³/mol. The Bertz CT molecular complexity index is 392. The summed E-state index contributed by atoms with van der Waals surface area (Å²) >= 11 is 0. The average Bonchev–Trinajstić information content (AvgIpc) is 2.17. The van der Waals surface area contributed by atoms with Gasteiger partial charge in [0.25, 0.3) is 0 Å². The summed E-state index contributed by atoms with van der Waals surface area (Å²) < 4.78 is 0. The highest BCUT2D eigenvalue weighted by molar-refractivity contribution is 7.18. The van der Waals surface area contributed by atoms with Gasteiger partial charge < -0.3 is 5.09 Å². The van der Waals surface area contributed by atoms with Crippen molar-refractivity contribution in [2.24, 2.45) is 0 Å². The molecule has 12 heavy (non-hydrogen) atoms. The van der Waals surface area contributed by atoms with Crippen LogP contribution in [0, 0.1) is 0 Å². The maximum absolute atomic E-state index is 3.09. The van der Waals surface area contributed by atoms with E-state index in [0.29, 0.717) is 0 Å². The van der Waals surface area contributed by atoms with Gasteiger partial charge in [-0.1, -0.05) is 36.4 Å². The van der Waals surface area contributed by atoms with Gasteiger partial charge in [0.2, 0.25) is 0 Å². The zero-order chi connectivity index (χ0) is 8.39. The van der Waals surface area contributed by atoms with Crippen LogP contribution in [0.2, 0.25) is 0 Å². The summed E-state index contributed by atoms with van der Waals surface area (Å²) in [6.07, 6.45) is 0. The summed E-state index contributed by atoms with van der Waals surface area (Å²) in [5.74, 6) is 0. The molecule has 0 amide bonds. The molecule has 0 saturated carbocycles. The first kappa shape index (κ1) is 7.57. The Morgan fingerprint density at radius 3 is 2.50 bits per heavy atom. The van der Waals surface area contributed by atoms with Gasteiger partial charge >= 0.3 is 0 Å². The van der Waals surface area contributed by atoms with Crippen molar-refractivity contribution < 1.29 is 0 Å². The number of nitrogens with one attached hydrogen (secondary N) is 1. The molecule has 2 aromatic carbocycles. The molecule has 1 N–H and O–H groups in total. The van der Waals surface area contributed by atoms with E-state index in [0.717, 1.165) is 5.69 Å². The molecular formula is C10H10NP. The highest BCUT2D eigenvalue weighted by atomic mass is 31.0. The van der Waals surface area contributed by atoms with Crippen molar-refractivity contribution in [3.63, 3.8) is 0 Å². The molecule has 0 radical (unpaired) electrons. The molecule has 0 bridgehead atoms. The zero-order valence-corrected chi connectivity index (χ0v) is 7.77. The topological polar surface area (TPSA) is 12.0 Å². The van der Waals surface area contributed by atoms with Crippen LogP contribution in [0.5, 0.6) is 0 Å². The lowest BCUT2D eigenvalue weighted by Gasteiger charge is -2.03. The van der Waals surface area contributed by atoms with Crippen LogP contribution < -0.4 is 5.09 Å². The number of benzene rings is 2. The van der Waals surface area contributed by atoms with Crippen molar-refractivity contribution in [1.82, 2.24) is 0 Å². The van der Waals surface area contributed by atoms with Crippen LogP contribution in [-0.4, -0.2) is 0 Å². The van der Waals surface area contributed by atoms with Gasteiger partial charge in [0, 0.05) is 11.1 Å². The van der Waals surface area contributed by atoms with Crippen LogP contribution in [0.4, 0.5) is 5.69 Å². The number of hydrogen-bond acceptors (Lipinski definition) is 1. The molecule has 0 heterocycles. The van der Waals surface area contributed by atoms with E-state index in [-0.39, 0.29) is 0 Å². The quantitative estimate of drug-likeness (QED) is 0.657. The molecule has 2 aromatic rings. The van der Waals surface area contributed by atoms with E-state index in [1.54, 1.807) is 0 Å². The third-order valence-electron chi connectivity index (χ3n) is 1.95. The maximum Gasteiger partial charge on any atom is 0.0448 e. The fourth-order valence-electron chi connectivity index (χ4n) is 1.35. The van der Waals surface area contributed by atoms with E-state index in [9.17, 15) is 0 Å². The lowest BCUT2D eigenvalue weighted by molar-refractivity contribution is 1.73. The molecule has 0 aliphatic heterocycles. The van der Waals surface area contributed by atoms with Crippen LogP contribution in [0.1, 0.15) is 0 Å². The average molecular weight is 175 g/mol. The van der Waals surface area contributed by atoms with E-state index in [2.05, 4.69) is 50.9 Å². The SMILES string of the molecule is PNc1cccc2ccccc12. The summed E-state index contributed by atoms with van der Waals surface area (Å²) in [6, 6.07) is 14.6. The summed E-state index contributed by atoms with van der Waals surface area (Å²) in [5.41, 5.74) is 1.15. The van der Waals surface area contributed by atoms with Crippen molar-refractivity contribution in [2.45, 2.75) is 0 Å². The minimum Gasteiger partial charge on any atom is -0.369 e. The molecular weight excluding hydrogens is 165 g/mol. The predicted octanol–water partition coefficient (Wildman–Crippen LogP) is 3.04. The lowest BCUT2D eigenvalue weighted by atomic mass is 10.1. The fraction of sp³-hybridized carbons (Fsp3) is 0. The molecule has 2 rings (SSSR count). The Hall–Kier alpha value is -1.07. The molecule has 0 aliphatic rings. The van der Waals surface area contributed by atoms with Gasteiger partial charge in [0.15, 0.2) is 0 Å². The van der Waals surface area contributed by atoms with Crippen molar-refractivity contribution in [3.8, 4) is 0 Å². The molecule has 0 aromatic heterocycles. The standard InChI is InChI=1S/C10H10NP/c12-11-10-7-3-5-8-4-1-2-6-9(8)10/h1-7,11H,12H2. The van der Waals surface area contributed by atoms with E-state index >= 15 is 0 Å². The van der Waals surface area contributed by atoms with Crippen LogP contribution in [0.25, 0.3) is 10.8 Å². The molecule has 1 nitrogen and oxygen atoms in total. The van der Waals surface area contributed by atoms with Gasteiger partial charge in [-0.15, -0.1) is 0 Å². The van der Waals surface area contributed by atoms with Crippen LogP contribution >= 0.6 is 9.39 Å². The minimum absolute atomic E-state index is 1.15. The molecule has 60 valence electrons.